The summed E-state index contributed by atoms with van der Waals surface area (Å²) in [6, 6.07) is 0.732. The highest BCUT2D eigenvalue weighted by Gasteiger charge is 2.15. The number of nitrogens with one attached hydrogen (secondary N) is 1. The summed E-state index contributed by atoms with van der Waals surface area (Å²) in [4.78, 5) is 4.67. The topological polar surface area (TPSA) is 18.5 Å². The second kappa shape index (κ2) is 6.38. The molecule has 0 radical (unpaired) electrons. The van der Waals surface area contributed by atoms with Gasteiger partial charge in [-0.1, -0.05) is 0 Å². The molecule has 0 spiro atoms. The van der Waals surface area contributed by atoms with Crippen LogP contribution in [0.4, 0.5) is 0 Å². The van der Waals surface area contributed by atoms with Crippen molar-refractivity contribution in [1.29, 1.82) is 0 Å². The van der Waals surface area contributed by atoms with Gasteiger partial charge in [-0.2, -0.15) is 0 Å². The van der Waals surface area contributed by atoms with Gasteiger partial charge in [0.25, 0.3) is 0 Å². The molecule has 1 N–H and O–H groups in total. The fraction of sp³-hybridized carbons (Fsp3) is 1.00. The Hall–Kier alpha value is -0.120. The van der Waals surface area contributed by atoms with Crippen LogP contribution in [0.15, 0.2) is 0 Å². The molecule has 0 bridgehead atoms. The summed E-state index contributed by atoms with van der Waals surface area (Å²) in [5.74, 6) is 0. The molecule has 0 aromatic heterocycles. The summed E-state index contributed by atoms with van der Waals surface area (Å²) in [6.45, 7) is 4.85. The molecule has 3 nitrogen and oxygen atoms in total. The van der Waals surface area contributed by atoms with E-state index in [4.69, 9.17) is 0 Å². The number of hydrogen-bond donors (Lipinski definition) is 1. The van der Waals surface area contributed by atoms with Gasteiger partial charge in [0, 0.05) is 12.6 Å². The van der Waals surface area contributed by atoms with Gasteiger partial charge in [0.1, 0.15) is 0 Å². The number of rotatable bonds is 5. The zero-order valence-electron chi connectivity index (χ0n) is 9.92. The van der Waals surface area contributed by atoms with Crippen LogP contribution in [0, 0.1) is 0 Å². The molecule has 0 aromatic rings. The Balaban J connectivity index is 2.00. The first kappa shape index (κ1) is 12.0. The van der Waals surface area contributed by atoms with Crippen LogP contribution in [0.25, 0.3) is 0 Å². The minimum atomic E-state index is 0.732. The van der Waals surface area contributed by atoms with Crippen LogP contribution in [0.3, 0.4) is 0 Å². The van der Waals surface area contributed by atoms with E-state index < -0.39 is 0 Å². The van der Waals surface area contributed by atoms with Gasteiger partial charge in [-0.3, -0.25) is 0 Å². The van der Waals surface area contributed by atoms with Crippen molar-refractivity contribution < 1.29 is 0 Å². The Kier molecular flexibility index (Phi) is 5.45. The van der Waals surface area contributed by atoms with E-state index in [0.717, 1.165) is 12.6 Å². The second-order valence-corrected chi connectivity index (χ2v) is 4.71. The van der Waals surface area contributed by atoms with Crippen LogP contribution < -0.4 is 5.32 Å². The zero-order chi connectivity index (χ0) is 10.4. The van der Waals surface area contributed by atoms with Crippen molar-refractivity contribution in [1.82, 2.24) is 15.1 Å². The lowest BCUT2D eigenvalue weighted by Gasteiger charge is -2.30. The van der Waals surface area contributed by atoms with Gasteiger partial charge in [-0.25, -0.2) is 0 Å². The first-order valence-corrected chi connectivity index (χ1v) is 5.75. The summed E-state index contributed by atoms with van der Waals surface area (Å²) in [7, 11) is 6.48. The van der Waals surface area contributed by atoms with Gasteiger partial charge in [-0.15, -0.1) is 0 Å². The zero-order valence-corrected chi connectivity index (χ0v) is 9.92. The number of piperidine rings is 1. The van der Waals surface area contributed by atoms with Crippen LogP contribution in [0.1, 0.15) is 19.3 Å². The molecule has 1 aliphatic rings. The van der Waals surface area contributed by atoms with Crippen molar-refractivity contribution in [2.75, 3.05) is 47.3 Å². The molecule has 1 aliphatic heterocycles. The van der Waals surface area contributed by atoms with Crippen LogP contribution >= 0.6 is 0 Å². The van der Waals surface area contributed by atoms with E-state index >= 15 is 0 Å². The third-order valence-electron chi connectivity index (χ3n) is 2.84. The van der Waals surface area contributed by atoms with E-state index in [1.165, 1.54) is 38.9 Å². The van der Waals surface area contributed by atoms with Crippen molar-refractivity contribution in [2.24, 2.45) is 0 Å². The molecule has 1 fully saturated rings. The largest absolute Gasteiger partial charge is 0.313 e. The molecule has 1 unspecified atom stereocenters. The predicted octanol–water partition coefficient (Wildman–Crippen LogP) is 0.622. The lowest BCUT2D eigenvalue weighted by atomic mass is 10.1. The van der Waals surface area contributed by atoms with Crippen LogP contribution in [0.2, 0.25) is 0 Å². The highest BCUT2D eigenvalue weighted by Crippen LogP contribution is 2.07. The Labute approximate surface area is 88.5 Å². The fourth-order valence-corrected chi connectivity index (χ4v) is 2.03. The average Bonchev–Trinajstić information content (AvgIpc) is 2.12. The molecule has 1 atom stereocenters. The maximum Gasteiger partial charge on any atom is 0.0195 e. The third-order valence-corrected chi connectivity index (χ3v) is 2.84. The summed E-state index contributed by atoms with van der Waals surface area (Å²) in [5, 5.41) is 3.64. The molecule has 84 valence electrons. The van der Waals surface area contributed by atoms with E-state index in [9.17, 15) is 0 Å². The SMILES string of the molecule is CN(C)CCCNC1CCCN(C)C1. The van der Waals surface area contributed by atoms with Crippen molar-refractivity contribution >= 4 is 0 Å². The lowest BCUT2D eigenvalue weighted by Crippen LogP contribution is -2.44. The number of likely N-dealkylation sites (tertiary alicyclic amines) is 1. The Bertz CT molecular complexity index is 147. The maximum absolute atomic E-state index is 3.64. The van der Waals surface area contributed by atoms with Gasteiger partial charge in [-0.05, 0) is 60.0 Å². The van der Waals surface area contributed by atoms with Crippen molar-refractivity contribution in [3.05, 3.63) is 0 Å². The van der Waals surface area contributed by atoms with E-state index in [1.54, 1.807) is 0 Å². The van der Waals surface area contributed by atoms with E-state index in [-0.39, 0.29) is 0 Å². The Morgan fingerprint density at radius 3 is 2.86 bits per heavy atom. The summed E-state index contributed by atoms with van der Waals surface area (Å²) >= 11 is 0. The molecule has 14 heavy (non-hydrogen) atoms. The van der Waals surface area contributed by atoms with Gasteiger partial charge in [0.15, 0.2) is 0 Å². The fourth-order valence-electron chi connectivity index (χ4n) is 2.03. The minimum Gasteiger partial charge on any atom is -0.313 e. The molecule has 0 aromatic carbocycles. The third kappa shape index (κ3) is 4.94. The predicted molar refractivity (Wildman–Crippen MR) is 61.7 cm³/mol. The monoisotopic (exact) mass is 199 g/mol. The van der Waals surface area contributed by atoms with Crippen LogP contribution in [-0.4, -0.2) is 63.2 Å². The minimum absolute atomic E-state index is 0.732. The Morgan fingerprint density at radius 1 is 1.43 bits per heavy atom. The van der Waals surface area contributed by atoms with Crippen molar-refractivity contribution in [3.8, 4) is 0 Å². The van der Waals surface area contributed by atoms with Gasteiger partial charge in [0.2, 0.25) is 0 Å². The van der Waals surface area contributed by atoms with Gasteiger partial charge < -0.3 is 15.1 Å². The smallest absolute Gasteiger partial charge is 0.0195 e. The number of likely N-dealkylation sites (N-methyl/N-ethyl adjacent to an activating group) is 1. The lowest BCUT2D eigenvalue weighted by molar-refractivity contribution is 0.226. The molecule has 0 amide bonds. The van der Waals surface area contributed by atoms with Crippen molar-refractivity contribution in [3.63, 3.8) is 0 Å². The normalized spacial score (nSPS) is 24.4. The highest BCUT2D eigenvalue weighted by molar-refractivity contribution is 4.75. The van der Waals surface area contributed by atoms with E-state index in [2.05, 4.69) is 36.3 Å². The molecular weight excluding hydrogens is 174 g/mol. The highest BCUT2D eigenvalue weighted by atomic mass is 15.1. The molecule has 0 saturated carbocycles. The van der Waals surface area contributed by atoms with Crippen LogP contribution in [-0.2, 0) is 0 Å². The first-order valence-electron chi connectivity index (χ1n) is 5.75. The average molecular weight is 199 g/mol. The maximum atomic E-state index is 3.64. The molecular formula is C11H25N3. The number of hydrogen-bond acceptors (Lipinski definition) is 3. The van der Waals surface area contributed by atoms with Gasteiger partial charge >= 0.3 is 0 Å². The molecule has 0 aliphatic carbocycles. The summed E-state index contributed by atoms with van der Waals surface area (Å²) < 4.78 is 0. The molecule has 1 heterocycles. The quantitative estimate of drug-likeness (QED) is 0.655. The van der Waals surface area contributed by atoms with E-state index in [1.807, 2.05) is 0 Å². The van der Waals surface area contributed by atoms with E-state index in [0.29, 0.717) is 0 Å². The second-order valence-electron chi connectivity index (χ2n) is 4.71. The standard InChI is InChI=1S/C11H25N3/c1-13(2)8-5-7-12-11-6-4-9-14(3)10-11/h11-12H,4-10H2,1-3H3. The Morgan fingerprint density at radius 2 is 2.21 bits per heavy atom. The molecule has 1 rings (SSSR count). The van der Waals surface area contributed by atoms with Crippen molar-refractivity contribution in [2.45, 2.75) is 25.3 Å². The summed E-state index contributed by atoms with van der Waals surface area (Å²) in [6.07, 6.45) is 3.96. The number of nitrogens with zero attached hydrogens (tertiary/aromatic N) is 2. The molecule has 3 heteroatoms. The molecule has 1 saturated heterocycles. The van der Waals surface area contributed by atoms with Gasteiger partial charge in [0.05, 0.1) is 0 Å². The summed E-state index contributed by atoms with van der Waals surface area (Å²) in [5.41, 5.74) is 0. The van der Waals surface area contributed by atoms with Crippen LogP contribution in [0.5, 0.6) is 0 Å². The first-order chi connectivity index (χ1) is 6.68.